The van der Waals surface area contributed by atoms with Gasteiger partial charge < -0.3 is 24.9 Å². The van der Waals surface area contributed by atoms with Crippen molar-refractivity contribution in [3.05, 3.63) is 57.5 Å². The lowest BCUT2D eigenvalue weighted by molar-refractivity contribution is 0.0587. The number of esters is 2. The molecule has 0 atom stereocenters. The predicted octanol–water partition coefficient (Wildman–Crippen LogP) is 0.906. The highest BCUT2D eigenvalue weighted by molar-refractivity contribution is 6.10. The number of pyridine rings is 1. The third kappa shape index (κ3) is 3.83. The van der Waals surface area contributed by atoms with E-state index in [9.17, 15) is 24.3 Å². The molecule has 2 aromatic rings. The zero-order valence-corrected chi connectivity index (χ0v) is 13.3. The number of ether oxygens (including phenoxy) is 2. The van der Waals surface area contributed by atoms with Gasteiger partial charge in [0.25, 0.3) is 11.5 Å². The second-order valence-corrected chi connectivity index (χ2v) is 4.79. The van der Waals surface area contributed by atoms with Crippen molar-refractivity contribution in [3.63, 3.8) is 0 Å². The first-order chi connectivity index (χ1) is 11.9. The molecule has 2 rings (SSSR count). The summed E-state index contributed by atoms with van der Waals surface area (Å²) in [6, 6.07) is 4.70. The molecule has 3 N–H and O–H groups in total. The molecule has 1 heterocycles. The fourth-order valence-corrected chi connectivity index (χ4v) is 2.01. The molecule has 0 saturated carbocycles. The van der Waals surface area contributed by atoms with E-state index in [1.165, 1.54) is 25.3 Å². The number of aromatic hydroxyl groups is 1. The van der Waals surface area contributed by atoms with Crippen LogP contribution in [0.15, 0.2) is 35.3 Å². The van der Waals surface area contributed by atoms with Gasteiger partial charge in [-0.2, -0.15) is 0 Å². The summed E-state index contributed by atoms with van der Waals surface area (Å²) in [6.07, 6.45) is 1.02. The van der Waals surface area contributed by atoms with Crippen LogP contribution in [-0.4, -0.2) is 42.2 Å². The largest absolute Gasteiger partial charge is 0.507 e. The van der Waals surface area contributed by atoms with Crippen LogP contribution in [-0.2, 0) is 9.47 Å². The number of aromatic nitrogens is 1. The van der Waals surface area contributed by atoms with E-state index in [2.05, 4.69) is 19.8 Å². The van der Waals surface area contributed by atoms with Crippen molar-refractivity contribution in [2.75, 3.05) is 19.5 Å². The van der Waals surface area contributed by atoms with Gasteiger partial charge in [0, 0.05) is 12.3 Å². The van der Waals surface area contributed by atoms with Gasteiger partial charge in [-0.05, 0) is 18.2 Å². The predicted molar refractivity (Wildman–Crippen MR) is 85.8 cm³/mol. The number of aromatic amines is 1. The van der Waals surface area contributed by atoms with Gasteiger partial charge in [-0.1, -0.05) is 0 Å². The maximum atomic E-state index is 12.3. The molecule has 1 amide bonds. The summed E-state index contributed by atoms with van der Waals surface area (Å²) in [5, 5.41) is 12.1. The van der Waals surface area contributed by atoms with Crippen LogP contribution in [0.2, 0.25) is 0 Å². The van der Waals surface area contributed by atoms with Crippen LogP contribution in [0.25, 0.3) is 0 Å². The quantitative estimate of drug-likeness (QED) is 0.700. The minimum absolute atomic E-state index is 0.00702. The van der Waals surface area contributed by atoms with Crippen molar-refractivity contribution in [2.45, 2.75) is 0 Å². The molecule has 1 aromatic heterocycles. The number of benzene rings is 1. The summed E-state index contributed by atoms with van der Waals surface area (Å²) >= 11 is 0. The number of hydrogen-bond donors (Lipinski definition) is 3. The molecule has 9 nitrogen and oxygen atoms in total. The minimum Gasteiger partial charge on any atom is -0.507 e. The Labute approximate surface area is 141 Å². The van der Waals surface area contributed by atoms with Crippen LogP contribution in [0.1, 0.15) is 31.1 Å². The van der Waals surface area contributed by atoms with Crippen molar-refractivity contribution < 1.29 is 29.0 Å². The van der Waals surface area contributed by atoms with Crippen LogP contribution < -0.4 is 10.9 Å². The molecule has 9 heteroatoms. The summed E-state index contributed by atoms with van der Waals surface area (Å²) in [7, 11) is 2.35. The standard InChI is InChI=1S/C16H14N2O7/c1-24-15(22)8-3-4-9(16(23)25-2)11(5-8)18-14(21)10-7-17-13(20)6-12(10)19/h3-7H,1-2H3,(H,18,21)(H2,17,19,20). The number of methoxy groups -OCH3 is 2. The van der Waals surface area contributed by atoms with E-state index >= 15 is 0 Å². The van der Waals surface area contributed by atoms with E-state index in [4.69, 9.17) is 0 Å². The van der Waals surface area contributed by atoms with Crippen LogP contribution in [0, 0.1) is 0 Å². The second kappa shape index (κ2) is 7.30. The van der Waals surface area contributed by atoms with E-state index in [-0.39, 0.29) is 22.4 Å². The normalized spacial score (nSPS) is 10.0. The maximum absolute atomic E-state index is 12.3. The Hall–Kier alpha value is -3.62. The number of nitrogens with one attached hydrogen (secondary N) is 2. The van der Waals surface area contributed by atoms with Crippen molar-refractivity contribution in [1.29, 1.82) is 0 Å². The molecule has 0 radical (unpaired) electrons. The number of hydrogen-bond acceptors (Lipinski definition) is 7. The highest BCUT2D eigenvalue weighted by atomic mass is 16.5. The number of amides is 1. The van der Waals surface area contributed by atoms with Crippen molar-refractivity contribution >= 4 is 23.5 Å². The fourth-order valence-electron chi connectivity index (χ4n) is 2.01. The highest BCUT2D eigenvalue weighted by Gasteiger charge is 2.19. The van der Waals surface area contributed by atoms with Gasteiger partial charge in [-0.25, -0.2) is 9.59 Å². The smallest absolute Gasteiger partial charge is 0.339 e. The van der Waals surface area contributed by atoms with Crippen molar-refractivity contribution in [2.24, 2.45) is 0 Å². The number of anilines is 1. The number of H-pyrrole nitrogens is 1. The number of carbonyl (C=O) groups is 3. The SMILES string of the molecule is COC(=O)c1ccc(C(=O)OC)c(NC(=O)c2c[nH]c(=O)cc2O)c1. The Kier molecular flexibility index (Phi) is 5.18. The minimum atomic E-state index is -0.805. The summed E-state index contributed by atoms with van der Waals surface area (Å²) in [6.45, 7) is 0. The molecule has 0 bridgehead atoms. The molecule has 130 valence electrons. The monoisotopic (exact) mass is 346 g/mol. The van der Waals surface area contributed by atoms with Gasteiger partial charge in [0.05, 0.1) is 36.6 Å². The molecule has 0 aliphatic heterocycles. The highest BCUT2D eigenvalue weighted by Crippen LogP contribution is 2.22. The first kappa shape index (κ1) is 17.7. The maximum Gasteiger partial charge on any atom is 0.339 e. The van der Waals surface area contributed by atoms with E-state index in [0.29, 0.717) is 0 Å². The van der Waals surface area contributed by atoms with Crippen LogP contribution in [0.4, 0.5) is 5.69 Å². The first-order valence-corrected chi connectivity index (χ1v) is 6.91. The molecular weight excluding hydrogens is 332 g/mol. The first-order valence-electron chi connectivity index (χ1n) is 6.91. The molecule has 0 spiro atoms. The van der Waals surface area contributed by atoms with E-state index in [0.717, 1.165) is 19.4 Å². The molecule has 0 saturated heterocycles. The molecular formula is C16H14N2O7. The lowest BCUT2D eigenvalue weighted by Crippen LogP contribution is -2.18. The fraction of sp³-hybridized carbons (Fsp3) is 0.125. The molecule has 1 aromatic carbocycles. The zero-order chi connectivity index (χ0) is 18.6. The average Bonchev–Trinajstić information content (AvgIpc) is 2.60. The summed E-state index contributed by atoms with van der Waals surface area (Å²) in [5.41, 5.74) is -0.746. The number of carbonyl (C=O) groups excluding carboxylic acids is 3. The zero-order valence-electron chi connectivity index (χ0n) is 13.3. The summed E-state index contributed by atoms with van der Waals surface area (Å²) in [5.74, 6) is -2.75. The summed E-state index contributed by atoms with van der Waals surface area (Å²) < 4.78 is 9.22. The van der Waals surface area contributed by atoms with Gasteiger partial charge in [-0.3, -0.25) is 9.59 Å². The Bertz CT molecular complexity index is 902. The molecule has 0 aliphatic carbocycles. The second-order valence-electron chi connectivity index (χ2n) is 4.79. The number of rotatable bonds is 4. The third-order valence-corrected chi connectivity index (χ3v) is 3.24. The average molecular weight is 346 g/mol. The Morgan fingerprint density at radius 3 is 2.32 bits per heavy atom. The van der Waals surface area contributed by atoms with E-state index < -0.39 is 29.2 Å². The van der Waals surface area contributed by atoms with E-state index in [1.54, 1.807) is 0 Å². The summed E-state index contributed by atoms with van der Waals surface area (Å²) in [4.78, 5) is 49.1. The molecule has 0 aliphatic rings. The lowest BCUT2D eigenvalue weighted by atomic mass is 10.1. The van der Waals surface area contributed by atoms with Gasteiger partial charge in [0.2, 0.25) is 0 Å². The van der Waals surface area contributed by atoms with Crippen molar-refractivity contribution in [3.8, 4) is 5.75 Å². The molecule has 0 fully saturated rings. The van der Waals surface area contributed by atoms with E-state index in [1.807, 2.05) is 0 Å². The van der Waals surface area contributed by atoms with Crippen molar-refractivity contribution in [1.82, 2.24) is 4.98 Å². The topological polar surface area (TPSA) is 135 Å². The lowest BCUT2D eigenvalue weighted by Gasteiger charge is -2.12. The Balaban J connectivity index is 2.44. The van der Waals surface area contributed by atoms with Gasteiger partial charge in [0.15, 0.2) is 0 Å². The van der Waals surface area contributed by atoms with Gasteiger partial charge in [-0.15, -0.1) is 0 Å². The Morgan fingerprint density at radius 1 is 1.04 bits per heavy atom. The Morgan fingerprint density at radius 2 is 1.72 bits per heavy atom. The molecule has 25 heavy (non-hydrogen) atoms. The van der Waals surface area contributed by atoms with Gasteiger partial charge >= 0.3 is 11.9 Å². The molecule has 0 unspecified atom stereocenters. The third-order valence-electron chi connectivity index (χ3n) is 3.24. The van der Waals surface area contributed by atoms with Crippen LogP contribution in [0.5, 0.6) is 5.75 Å². The van der Waals surface area contributed by atoms with Crippen LogP contribution >= 0.6 is 0 Å². The van der Waals surface area contributed by atoms with Gasteiger partial charge in [0.1, 0.15) is 5.75 Å². The van der Waals surface area contributed by atoms with Crippen LogP contribution in [0.3, 0.4) is 0 Å².